The van der Waals surface area contributed by atoms with Crippen molar-refractivity contribution < 1.29 is 0 Å². The van der Waals surface area contributed by atoms with Crippen LogP contribution in [0.3, 0.4) is 0 Å². The van der Waals surface area contributed by atoms with Crippen LogP contribution < -0.4 is 0 Å². The largest absolute Gasteiger partial charge is 0.236 e. The van der Waals surface area contributed by atoms with Crippen molar-refractivity contribution in [1.29, 1.82) is 0 Å². The van der Waals surface area contributed by atoms with Crippen LogP contribution >= 0.6 is 22.7 Å². The van der Waals surface area contributed by atoms with E-state index >= 15 is 0 Å². The molecule has 0 amide bonds. The van der Waals surface area contributed by atoms with Crippen LogP contribution in [0.2, 0.25) is 0 Å². The molecular weight excluding hydrogens is 707 g/mol. The number of fused-ring (bicyclic) bond motifs is 8. The molecular formula is C50H33N3S2. The predicted molar refractivity (Wildman–Crippen MR) is 238 cm³/mol. The van der Waals surface area contributed by atoms with E-state index in [2.05, 4.69) is 152 Å². The third-order valence-electron chi connectivity index (χ3n) is 10.3. The molecule has 3 nitrogen and oxygen atoms in total. The van der Waals surface area contributed by atoms with Gasteiger partial charge in [0, 0.05) is 63.3 Å². The minimum Gasteiger partial charge on any atom is -0.236 e. The van der Waals surface area contributed by atoms with E-state index in [-0.39, 0.29) is 0 Å². The lowest BCUT2D eigenvalue weighted by molar-refractivity contribution is 1.13. The zero-order chi connectivity index (χ0) is 36.9. The lowest BCUT2D eigenvalue weighted by atomic mass is 9.98. The molecule has 0 atom stereocenters. The molecule has 10 aromatic rings. The number of allylic oxidation sites excluding steroid dienone is 5. The molecule has 0 saturated heterocycles. The van der Waals surface area contributed by atoms with E-state index in [1.807, 2.05) is 36.5 Å². The number of benzene rings is 6. The van der Waals surface area contributed by atoms with Crippen molar-refractivity contribution in [3.8, 4) is 44.9 Å². The standard InChI is InChI=1S/C50H33N3S2/c1-3-5-13-31(4-2)49-51-42(33-24-22-32(23-25-33)36-18-12-19-40-37-14-8-10-20-44(37)54-48(36)40)30-43(52-49)34-26-28-35(29-27-34)47-39-16-7-6-15-38(39)46-41-17-9-11-21-45(41)55-50(46)53-47/h3-30H,1H2,2H3/b13-5-,31-4+. The lowest BCUT2D eigenvalue weighted by Gasteiger charge is -2.12. The van der Waals surface area contributed by atoms with Crippen molar-refractivity contribution in [1.82, 2.24) is 15.0 Å². The van der Waals surface area contributed by atoms with Gasteiger partial charge in [0.2, 0.25) is 0 Å². The number of nitrogens with zero attached hydrogens (tertiary/aromatic N) is 3. The number of hydrogen-bond donors (Lipinski definition) is 0. The average molecular weight is 740 g/mol. The Kier molecular flexibility index (Phi) is 8.24. The van der Waals surface area contributed by atoms with E-state index in [4.69, 9.17) is 15.0 Å². The first-order valence-corrected chi connectivity index (χ1v) is 20.0. The highest BCUT2D eigenvalue weighted by Gasteiger charge is 2.17. The molecule has 0 N–H and O–H groups in total. The summed E-state index contributed by atoms with van der Waals surface area (Å²) in [6.07, 6.45) is 7.75. The van der Waals surface area contributed by atoms with Gasteiger partial charge in [0.15, 0.2) is 5.82 Å². The van der Waals surface area contributed by atoms with E-state index in [9.17, 15) is 0 Å². The molecule has 0 unspecified atom stereocenters. The molecule has 4 heterocycles. The molecule has 0 aliphatic heterocycles. The smallest absolute Gasteiger partial charge is 0.160 e. The molecule has 4 aromatic heterocycles. The van der Waals surface area contributed by atoms with Crippen molar-refractivity contribution in [2.24, 2.45) is 0 Å². The highest BCUT2D eigenvalue weighted by Crippen LogP contribution is 2.42. The van der Waals surface area contributed by atoms with Gasteiger partial charge in [0.25, 0.3) is 0 Å². The van der Waals surface area contributed by atoms with E-state index in [1.54, 1.807) is 17.4 Å². The molecule has 0 bridgehead atoms. The predicted octanol–water partition coefficient (Wildman–Crippen LogP) is 14.6. The van der Waals surface area contributed by atoms with Gasteiger partial charge in [0.05, 0.1) is 17.1 Å². The molecule has 0 fully saturated rings. The summed E-state index contributed by atoms with van der Waals surface area (Å²) in [5.41, 5.74) is 9.18. The highest BCUT2D eigenvalue weighted by molar-refractivity contribution is 7.26. The molecule has 6 aromatic carbocycles. The summed E-state index contributed by atoms with van der Waals surface area (Å²) in [5, 5.41) is 7.48. The van der Waals surface area contributed by atoms with Gasteiger partial charge in [-0.05, 0) is 41.6 Å². The van der Waals surface area contributed by atoms with Gasteiger partial charge < -0.3 is 0 Å². The van der Waals surface area contributed by atoms with Crippen molar-refractivity contribution in [3.63, 3.8) is 0 Å². The van der Waals surface area contributed by atoms with Gasteiger partial charge in [-0.1, -0.05) is 158 Å². The SMILES string of the molecule is C=C/C=C\C(=C/C)c1nc(-c2ccc(-c3nc4sc5ccccc5c4c4ccccc34)cc2)cc(-c2ccc(-c3cccc4c3sc3ccccc34)cc2)n1. The van der Waals surface area contributed by atoms with Crippen LogP contribution in [0.5, 0.6) is 0 Å². The first-order valence-electron chi connectivity index (χ1n) is 18.3. The van der Waals surface area contributed by atoms with Gasteiger partial charge in [-0.2, -0.15) is 0 Å². The van der Waals surface area contributed by atoms with Crippen LogP contribution in [-0.2, 0) is 0 Å². The number of thiophene rings is 2. The number of hydrogen-bond acceptors (Lipinski definition) is 5. The summed E-state index contributed by atoms with van der Waals surface area (Å²) in [6.45, 7) is 5.89. The Balaban J connectivity index is 1.05. The Bertz CT molecular complexity index is 3160. The van der Waals surface area contributed by atoms with Crippen LogP contribution in [-0.4, -0.2) is 15.0 Å². The van der Waals surface area contributed by atoms with E-state index in [0.29, 0.717) is 5.82 Å². The Morgan fingerprint density at radius 2 is 1.13 bits per heavy atom. The maximum absolute atomic E-state index is 5.27. The highest BCUT2D eigenvalue weighted by atomic mass is 32.1. The summed E-state index contributed by atoms with van der Waals surface area (Å²) in [4.78, 5) is 16.6. The maximum atomic E-state index is 5.27. The van der Waals surface area contributed by atoms with E-state index < -0.39 is 0 Å². The Hall–Kier alpha value is -6.53. The quantitative estimate of drug-likeness (QED) is 0.153. The molecule has 0 saturated carbocycles. The van der Waals surface area contributed by atoms with E-state index in [1.165, 1.54) is 52.2 Å². The third-order valence-corrected chi connectivity index (χ3v) is 12.6. The van der Waals surface area contributed by atoms with Crippen LogP contribution in [0.1, 0.15) is 12.7 Å². The fraction of sp³-hybridized carbons (Fsp3) is 0.0200. The zero-order valence-electron chi connectivity index (χ0n) is 30.0. The second kappa shape index (κ2) is 13.7. The summed E-state index contributed by atoms with van der Waals surface area (Å²) in [6, 6.07) is 52.0. The van der Waals surface area contributed by atoms with Crippen molar-refractivity contribution >= 4 is 79.5 Å². The fourth-order valence-corrected chi connectivity index (χ4v) is 9.93. The molecule has 0 aliphatic rings. The zero-order valence-corrected chi connectivity index (χ0v) is 31.7. The fourth-order valence-electron chi connectivity index (χ4n) is 7.60. The Morgan fingerprint density at radius 3 is 1.82 bits per heavy atom. The van der Waals surface area contributed by atoms with Crippen LogP contribution in [0.4, 0.5) is 0 Å². The van der Waals surface area contributed by atoms with Crippen LogP contribution in [0, 0.1) is 0 Å². The summed E-state index contributed by atoms with van der Waals surface area (Å²) < 4.78 is 3.87. The third kappa shape index (κ3) is 5.77. The van der Waals surface area contributed by atoms with Crippen LogP contribution in [0.15, 0.2) is 176 Å². The minimum absolute atomic E-state index is 0.666. The first-order chi connectivity index (χ1) is 27.2. The second-order valence-electron chi connectivity index (χ2n) is 13.5. The van der Waals surface area contributed by atoms with E-state index in [0.717, 1.165) is 49.6 Å². The van der Waals surface area contributed by atoms with Crippen molar-refractivity contribution in [2.75, 3.05) is 0 Å². The normalized spacial score (nSPS) is 12.2. The van der Waals surface area contributed by atoms with Crippen molar-refractivity contribution in [3.05, 3.63) is 182 Å². The molecule has 55 heavy (non-hydrogen) atoms. The van der Waals surface area contributed by atoms with Gasteiger partial charge >= 0.3 is 0 Å². The summed E-state index contributed by atoms with van der Waals surface area (Å²) in [7, 11) is 0. The number of pyridine rings is 1. The molecule has 0 spiro atoms. The molecule has 0 aliphatic carbocycles. The maximum Gasteiger partial charge on any atom is 0.160 e. The van der Waals surface area contributed by atoms with Crippen molar-refractivity contribution in [2.45, 2.75) is 6.92 Å². The lowest BCUT2D eigenvalue weighted by Crippen LogP contribution is -1.98. The van der Waals surface area contributed by atoms with Gasteiger partial charge in [0.1, 0.15) is 4.83 Å². The topological polar surface area (TPSA) is 38.7 Å². The first kappa shape index (κ1) is 33.1. The minimum atomic E-state index is 0.666. The molecule has 5 heteroatoms. The molecule has 10 rings (SSSR count). The Morgan fingerprint density at radius 1 is 0.545 bits per heavy atom. The second-order valence-corrected chi connectivity index (χ2v) is 15.6. The van der Waals surface area contributed by atoms with Gasteiger partial charge in [-0.25, -0.2) is 15.0 Å². The Labute approximate surface area is 326 Å². The van der Waals surface area contributed by atoms with Crippen LogP contribution in [0.25, 0.3) is 102 Å². The number of rotatable bonds is 7. The molecule has 0 radical (unpaired) electrons. The van der Waals surface area contributed by atoms with Gasteiger partial charge in [-0.3, -0.25) is 0 Å². The summed E-state index contributed by atoms with van der Waals surface area (Å²) >= 11 is 3.61. The number of aromatic nitrogens is 3. The average Bonchev–Trinajstić information content (AvgIpc) is 3.82. The van der Waals surface area contributed by atoms with Gasteiger partial charge in [-0.15, -0.1) is 22.7 Å². The summed E-state index contributed by atoms with van der Waals surface area (Å²) in [5.74, 6) is 0.666. The monoisotopic (exact) mass is 739 g/mol. The molecule has 260 valence electrons.